The molecule has 0 aliphatic carbocycles. The van der Waals surface area contributed by atoms with Crippen LogP contribution in [0.3, 0.4) is 0 Å². The number of nitrogens with zero attached hydrogens (tertiary/aromatic N) is 3. The van der Waals surface area contributed by atoms with Crippen LogP contribution in [0.15, 0.2) is 43.0 Å². The SMILES string of the molecule is Cc1cncc(C(=O)N2CC3(C2)OCCC3CCOc2cccnc2)c1. The lowest BCUT2D eigenvalue weighted by atomic mass is 9.79. The summed E-state index contributed by atoms with van der Waals surface area (Å²) in [5, 5.41) is 0. The lowest BCUT2D eigenvalue weighted by Crippen LogP contribution is -2.66. The first-order valence-electron chi connectivity index (χ1n) is 9.04. The van der Waals surface area contributed by atoms with Crippen LogP contribution in [-0.4, -0.2) is 52.7 Å². The normalized spacial score (nSPS) is 20.8. The van der Waals surface area contributed by atoms with Crippen LogP contribution in [0.4, 0.5) is 0 Å². The van der Waals surface area contributed by atoms with Crippen molar-refractivity contribution in [3.8, 4) is 5.75 Å². The highest BCUT2D eigenvalue weighted by molar-refractivity contribution is 5.94. The van der Waals surface area contributed by atoms with E-state index in [0.717, 1.165) is 30.8 Å². The average molecular weight is 353 g/mol. The maximum Gasteiger partial charge on any atom is 0.255 e. The third-order valence-corrected chi connectivity index (χ3v) is 5.30. The van der Waals surface area contributed by atoms with Gasteiger partial charge in [-0.3, -0.25) is 14.8 Å². The van der Waals surface area contributed by atoms with E-state index in [4.69, 9.17) is 9.47 Å². The molecule has 0 aromatic carbocycles. The Hall–Kier alpha value is -2.47. The molecule has 1 atom stereocenters. The van der Waals surface area contributed by atoms with Gasteiger partial charge in [-0.15, -0.1) is 0 Å². The standard InChI is InChI=1S/C20H23N3O3/c1-15-9-16(11-22-10-15)19(24)23-13-20(14-23)17(5-8-26-20)4-7-25-18-3-2-6-21-12-18/h2-3,6,9-12,17H,4-5,7-8,13-14H2,1H3. The third kappa shape index (κ3) is 3.29. The summed E-state index contributed by atoms with van der Waals surface area (Å²) < 4.78 is 11.8. The Morgan fingerprint density at radius 1 is 1.35 bits per heavy atom. The Balaban J connectivity index is 1.32. The van der Waals surface area contributed by atoms with Crippen molar-refractivity contribution in [2.24, 2.45) is 5.92 Å². The van der Waals surface area contributed by atoms with Crippen LogP contribution in [0.5, 0.6) is 5.75 Å². The van der Waals surface area contributed by atoms with Crippen LogP contribution in [0, 0.1) is 12.8 Å². The minimum atomic E-state index is -0.203. The molecule has 0 saturated carbocycles. The maximum absolute atomic E-state index is 12.6. The summed E-state index contributed by atoms with van der Waals surface area (Å²) in [5.41, 5.74) is 1.44. The van der Waals surface area contributed by atoms with Crippen LogP contribution in [0.2, 0.25) is 0 Å². The van der Waals surface area contributed by atoms with Gasteiger partial charge in [0.1, 0.15) is 11.4 Å². The highest BCUT2D eigenvalue weighted by Crippen LogP contribution is 2.42. The Labute approximate surface area is 153 Å². The number of aryl methyl sites for hydroxylation is 1. The number of carbonyl (C=O) groups excluding carboxylic acids is 1. The molecule has 6 heteroatoms. The quantitative estimate of drug-likeness (QED) is 0.826. The van der Waals surface area contributed by atoms with Crippen molar-refractivity contribution in [3.63, 3.8) is 0 Å². The van der Waals surface area contributed by atoms with Crippen molar-refractivity contribution < 1.29 is 14.3 Å². The summed E-state index contributed by atoms with van der Waals surface area (Å²) in [6.07, 6.45) is 8.78. The number of hydrogen-bond acceptors (Lipinski definition) is 5. The molecular formula is C20H23N3O3. The van der Waals surface area contributed by atoms with Gasteiger partial charge in [0.25, 0.3) is 5.91 Å². The zero-order valence-electron chi connectivity index (χ0n) is 14.9. The van der Waals surface area contributed by atoms with E-state index < -0.39 is 0 Å². The summed E-state index contributed by atoms with van der Waals surface area (Å²) in [6.45, 7) is 4.64. The maximum atomic E-state index is 12.6. The van der Waals surface area contributed by atoms with Crippen LogP contribution in [0.1, 0.15) is 28.8 Å². The molecule has 1 spiro atoms. The number of hydrogen-bond donors (Lipinski definition) is 0. The summed E-state index contributed by atoms with van der Waals surface area (Å²) in [6, 6.07) is 5.66. The Kier molecular flexibility index (Phi) is 4.59. The smallest absolute Gasteiger partial charge is 0.255 e. The second kappa shape index (κ2) is 7.03. The second-order valence-electron chi connectivity index (χ2n) is 7.14. The van der Waals surface area contributed by atoms with Gasteiger partial charge in [0.15, 0.2) is 0 Å². The first-order chi connectivity index (χ1) is 12.7. The minimum absolute atomic E-state index is 0.0349. The molecule has 0 N–H and O–H groups in total. The van der Waals surface area contributed by atoms with Crippen molar-refractivity contribution in [1.29, 1.82) is 0 Å². The van der Waals surface area contributed by atoms with Gasteiger partial charge in [-0.05, 0) is 49.4 Å². The van der Waals surface area contributed by atoms with E-state index in [9.17, 15) is 4.79 Å². The van der Waals surface area contributed by atoms with Gasteiger partial charge < -0.3 is 14.4 Å². The summed E-state index contributed by atoms with van der Waals surface area (Å²) >= 11 is 0. The van der Waals surface area contributed by atoms with Crippen molar-refractivity contribution >= 4 is 5.91 Å². The van der Waals surface area contributed by atoms with Gasteiger partial charge in [-0.1, -0.05) is 0 Å². The molecule has 26 heavy (non-hydrogen) atoms. The van der Waals surface area contributed by atoms with E-state index in [2.05, 4.69) is 9.97 Å². The molecule has 4 heterocycles. The number of rotatable bonds is 5. The fraction of sp³-hybridized carbons (Fsp3) is 0.450. The molecule has 2 aliphatic heterocycles. The molecule has 4 rings (SSSR count). The molecule has 0 bridgehead atoms. The number of carbonyl (C=O) groups is 1. The average Bonchev–Trinajstić information content (AvgIpc) is 3.05. The van der Waals surface area contributed by atoms with Crippen LogP contribution in [0.25, 0.3) is 0 Å². The molecule has 136 valence electrons. The van der Waals surface area contributed by atoms with Crippen molar-refractivity contribution in [2.75, 3.05) is 26.3 Å². The molecule has 2 saturated heterocycles. The van der Waals surface area contributed by atoms with Gasteiger partial charge in [-0.25, -0.2) is 0 Å². The lowest BCUT2D eigenvalue weighted by molar-refractivity contribution is -0.119. The van der Waals surface area contributed by atoms with Gasteiger partial charge >= 0.3 is 0 Å². The Morgan fingerprint density at radius 3 is 3.00 bits per heavy atom. The number of likely N-dealkylation sites (tertiary alicyclic amines) is 1. The summed E-state index contributed by atoms with van der Waals surface area (Å²) in [5.74, 6) is 1.24. The van der Waals surface area contributed by atoms with Gasteiger partial charge in [0.05, 0.1) is 31.5 Å². The zero-order valence-corrected chi connectivity index (χ0v) is 14.9. The first kappa shape index (κ1) is 17.0. The highest BCUT2D eigenvalue weighted by Gasteiger charge is 2.54. The summed E-state index contributed by atoms with van der Waals surface area (Å²) in [4.78, 5) is 22.7. The molecule has 0 radical (unpaired) electrons. The highest BCUT2D eigenvalue weighted by atomic mass is 16.5. The fourth-order valence-electron chi connectivity index (χ4n) is 3.89. The number of aromatic nitrogens is 2. The summed E-state index contributed by atoms with van der Waals surface area (Å²) in [7, 11) is 0. The van der Waals surface area contributed by atoms with Gasteiger partial charge in [0, 0.05) is 25.2 Å². The lowest BCUT2D eigenvalue weighted by Gasteiger charge is -2.50. The van der Waals surface area contributed by atoms with Crippen molar-refractivity contribution in [3.05, 3.63) is 54.1 Å². The Bertz CT molecular complexity index is 775. The van der Waals surface area contributed by atoms with Gasteiger partial charge in [0.2, 0.25) is 0 Å². The molecular weight excluding hydrogens is 330 g/mol. The molecule has 2 aromatic heterocycles. The van der Waals surface area contributed by atoms with E-state index in [1.54, 1.807) is 24.8 Å². The fourth-order valence-corrected chi connectivity index (χ4v) is 3.89. The predicted octanol–water partition coefficient (Wildman–Crippen LogP) is 2.49. The molecule has 6 nitrogen and oxygen atoms in total. The third-order valence-electron chi connectivity index (χ3n) is 5.30. The predicted molar refractivity (Wildman–Crippen MR) is 96.0 cm³/mol. The zero-order chi connectivity index (χ0) is 18.0. The molecule has 1 unspecified atom stereocenters. The van der Waals surface area contributed by atoms with Crippen LogP contribution < -0.4 is 4.74 Å². The van der Waals surface area contributed by atoms with Gasteiger partial charge in [-0.2, -0.15) is 0 Å². The largest absolute Gasteiger partial charge is 0.492 e. The van der Waals surface area contributed by atoms with Crippen molar-refractivity contribution in [1.82, 2.24) is 14.9 Å². The van der Waals surface area contributed by atoms with Crippen LogP contribution in [-0.2, 0) is 4.74 Å². The first-order valence-corrected chi connectivity index (χ1v) is 9.04. The van der Waals surface area contributed by atoms with E-state index in [-0.39, 0.29) is 11.5 Å². The minimum Gasteiger partial charge on any atom is -0.492 e. The van der Waals surface area contributed by atoms with E-state index in [1.165, 1.54) is 0 Å². The molecule has 2 aliphatic rings. The molecule has 1 amide bonds. The number of pyridine rings is 2. The van der Waals surface area contributed by atoms with E-state index >= 15 is 0 Å². The van der Waals surface area contributed by atoms with E-state index in [1.807, 2.05) is 30.0 Å². The van der Waals surface area contributed by atoms with Crippen LogP contribution >= 0.6 is 0 Å². The monoisotopic (exact) mass is 353 g/mol. The second-order valence-corrected chi connectivity index (χ2v) is 7.14. The number of amides is 1. The Morgan fingerprint density at radius 2 is 2.23 bits per heavy atom. The van der Waals surface area contributed by atoms with E-state index in [0.29, 0.717) is 31.2 Å². The molecule has 2 fully saturated rings. The van der Waals surface area contributed by atoms with Crippen molar-refractivity contribution in [2.45, 2.75) is 25.4 Å². The molecule has 2 aromatic rings. The number of ether oxygens (including phenoxy) is 2. The topological polar surface area (TPSA) is 64.6 Å².